The van der Waals surface area contributed by atoms with Gasteiger partial charge >= 0.3 is 5.97 Å². The predicted octanol–water partition coefficient (Wildman–Crippen LogP) is 4.56. The highest BCUT2D eigenvalue weighted by atomic mass is 32.1. The number of allylic oxidation sites excluding steroid dienone is 1. The molecule has 4 aliphatic rings. The fraction of sp³-hybridized carbons (Fsp3) is 0.815. The Kier molecular flexibility index (Phi) is 6.67. The van der Waals surface area contributed by atoms with Crippen LogP contribution >= 0.6 is 12.6 Å². The predicted molar refractivity (Wildman–Crippen MR) is 130 cm³/mol. The van der Waals surface area contributed by atoms with E-state index in [1.165, 1.54) is 12.5 Å². The monoisotopic (exact) mass is 476 g/mol. The van der Waals surface area contributed by atoms with Crippen molar-refractivity contribution in [2.75, 3.05) is 12.4 Å². The summed E-state index contributed by atoms with van der Waals surface area (Å²) >= 11 is 4.38. The van der Waals surface area contributed by atoms with E-state index in [4.69, 9.17) is 4.74 Å². The van der Waals surface area contributed by atoms with Crippen LogP contribution in [0.25, 0.3) is 0 Å². The first kappa shape index (κ1) is 25.0. The Morgan fingerprint density at radius 3 is 2.55 bits per heavy atom. The number of rotatable bonds is 6. The van der Waals surface area contributed by atoms with Gasteiger partial charge in [0.1, 0.15) is 5.78 Å². The number of fused-ring (bicyclic) bond motifs is 5. The van der Waals surface area contributed by atoms with Crippen molar-refractivity contribution in [1.29, 1.82) is 0 Å². The molecule has 0 aromatic rings. The van der Waals surface area contributed by atoms with Crippen molar-refractivity contribution >= 4 is 30.2 Å². The summed E-state index contributed by atoms with van der Waals surface area (Å²) in [5.41, 5.74) is 0.0582. The van der Waals surface area contributed by atoms with Crippen molar-refractivity contribution in [1.82, 2.24) is 0 Å². The molecule has 3 fully saturated rings. The van der Waals surface area contributed by atoms with Crippen LogP contribution in [-0.4, -0.2) is 40.6 Å². The molecule has 3 saturated carbocycles. The standard InChI is InChI=1S/C27H40O5S/c1-16-21-14-18(29)6-10-25(21,3)19-7-11-26(4)20(24(19)23(16)22(30)15-33)8-12-27(26,31)9-5-13-32-17(2)28/h14,16,19-20,23-24,31,33H,5-13,15H2,1-4H3/t16?,19-,20+,23?,24-,25-,26+,27?/m1/s1. The second-order valence-electron chi connectivity index (χ2n) is 11.7. The van der Waals surface area contributed by atoms with E-state index in [1.807, 2.05) is 6.08 Å². The van der Waals surface area contributed by atoms with Gasteiger partial charge in [0.05, 0.1) is 12.2 Å². The zero-order valence-corrected chi connectivity index (χ0v) is 21.5. The molecule has 0 radical (unpaired) electrons. The van der Waals surface area contributed by atoms with Crippen LogP contribution < -0.4 is 0 Å². The highest BCUT2D eigenvalue weighted by molar-refractivity contribution is 7.81. The molecule has 184 valence electrons. The molecule has 0 aliphatic heterocycles. The minimum Gasteiger partial charge on any atom is -0.466 e. The van der Waals surface area contributed by atoms with Gasteiger partial charge in [0.15, 0.2) is 5.78 Å². The largest absolute Gasteiger partial charge is 0.466 e. The zero-order valence-electron chi connectivity index (χ0n) is 20.6. The van der Waals surface area contributed by atoms with Gasteiger partial charge in [-0.1, -0.05) is 26.3 Å². The van der Waals surface area contributed by atoms with Gasteiger partial charge in [0.2, 0.25) is 0 Å². The van der Waals surface area contributed by atoms with Crippen LogP contribution in [0.15, 0.2) is 11.6 Å². The van der Waals surface area contributed by atoms with E-state index >= 15 is 0 Å². The highest BCUT2D eigenvalue weighted by Crippen LogP contribution is 2.70. The number of carbonyl (C=O) groups excluding carboxylic acids is 3. The third-order valence-corrected chi connectivity index (χ3v) is 10.7. The number of aliphatic hydroxyl groups is 1. The van der Waals surface area contributed by atoms with Crippen molar-refractivity contribution in [2.24, 2.45) is 40.4 Å². The third-order valence-electron chi connectivity index (χ3n) is 10.4. The van der Waals surface area contributed by atoms with Crippen molar-refractivity contribution < 1.29 is 24.2 Å². The Bertz CT molecular complexity index is 867. The van der Waals surface area contributed by atoms with Crippen LogP contribution in [0.4, 0.5) is 0 Å². The van der Waals surface area contributed by atoms with Gasteiger partial charge in [-0.15, -0.1) is 0 Å². The number of Topliss-reactive ketones (excluding diaryl/α,β-unsaturated/α-hetero) is 1. The molecule has 0 amide bonds. The van der Waals surface area contributed by atoms with E-state index in [0.29, 0.717) is 31.8 Å². The molecule has 3 unspecified atom stereocenters. The maximum absolute atomic E-state index is 13.3. The Morgan fingerprint density at radius 1 is 1.18 bits per heavy atom. The Hall–Kier alpha value is -1.14. The number of ether oxygens (including phenoxy) is 1. The molecule has 6 heteroatoms. The number of esters is 1. The first-order valence-corrected chi connectivity index (χ1v) is 13.4. The third kappa shape index (κ3) is 3.84. The fourth-order valence-corrected chi connectivity index (χ4v) is 8.87. The molecule has 0 heterocycles. The first-order valence-electron chi connectivity index (χ1n) is 12.7. The lowest BCUT2D eigenvalue weighted by atomic mass is 9.42. The molecule has 0 spiro atoms. The number of hydrogen-bond donors (Lipinski definition) is 2. The average molecular weight is 477 g/mol. The summed E-state index contributed by atoms with van der Waals surface area (Å²) in [4.78, 5) is 36.8. The molecule has 1 N–H and O–H groups in total. The van der Waals surface area contributed by atoms with E-state index < -0.39 is 5.60 Å². The number of hydrogen-bond acceptors (Lipinski definition) is 6. The van der Waals surface area contributed by atoms with Crippen molar-refractivity contribution in [3.05, 3.63) is 11.6 Å². The number of thiol groups is 1. The van der Waals surface area contributed by atoms with Gasteiger partial charge in [-0.25, -0.2) is 0 Å². The summed E-state index contributed by atoms with van der Waals surface area (Å²) < 4.78 is 5.12. The molecule has 4 rings (SSSR count). The lowest BCUT2D eigenvalue weighted by molar-refractivity contribution is -0.159. The lowest BCUT2D eigenvalue weighted by Crippen LogP contribution is -2.60. The van der Waals surface area contributed by atoms with Crippen molar-refractivity contribution in [2.45, 2.75) is 84.7 Å². The van der Waals surface area contributed by atoms with Crippen molar-refractivity contribution in [3.63, 3.8) is 0 Å². The first-order chi connectivity index (χ1) is 15.5. The Balaban J connectivity index is 1.68. The van der Waals surface area contributed by atoms with E-state index in [0.717, 1.165) is 32.1 Å². The van der Waals surface area contributed by atoms with Crippen LogP contribution in [0.1, 0.15) is 79.1 Å². The maximum atomic E-state index is 13.3. The smallest absolute Gasteiger partial charge is 0.302 e. The van der Waals surface area contributed by atoms with E-state index in [-0.39, 0.29) is 57.8 Å². The van der Waals surface area contributed by atoms with E-state index in [9.17, 15) is 19.5 Å². The quantitative estimate of drug-likeness (QED) is 0.334. The van der Waals surface area contributed by atoms with Crippen LogP contribution in [0.5, 0.6) is 0 Å². The second-order valence-corrected chi connectivity index (χ2v) is 12.0. The topological polar surface area (TPSA) is 80.7 Å². The molecule has 8 atom stereocenters. The minimum atomic E-state index is -0.805. The van der Waals surface area contributed by atoms with Crippen molar-refractivity contribution in [3.8, 4) is 0 Å². The minimum absolute atomic E-state index is 0.0279. The van der Waals surface area contributed by atoms with Crippen LogP contribution in [0, 0.1) is 40.4 Å². The summed E-state index contributed by atoms with van der Waals surface area (Å²) in [7, 11) is 0. The number of ketones is 2. The van der Waals surface area contributed by atoms with Crippen LogP contribution in [0.2, 0.25) is 0 Å². The Labute approximate surface area is 203 Å². The normalized spacial score (nSPS) is 44.4. The van der Waals surface area contributed by atoms with Gasteiger partial charge in [-0.2, -0.15) is 12.6 Å². The number of carbonyl (C=O) groups is 3. The van der Waals surface area contributed by atoms with E-state index in [2.05, 4.69) is 33.4 Å². The van der Waals surface area contributed by atoms with Gasteiger partial charge in [-0.05, 0) is 85.5 Å². The van der Waals surface area contributed by atoms with Crippen LogP contribution in [-0.2, 0) is 19.1 Å². The molecular formula is C27H40O5S. The Morgan fingerprint density at radius 2 is 1.88 bits per heavy atom. The maximum Gasteiger partial charge on any atom is 0.302 e. The fourth-order valence-electron chi connectivity index (χ4n) is 8.66. The highest BCUT2D eigenvalue weighted by Gasteiger charge is 2.67. The lowest BCUT2D eigenvalue weighted by Gasteiger charge is -2.62. The van der Waals surface area contributed by atoms with Gasteiger partial charge in [0.25, 0.3) is 0 Å². The molecule has 4 aliphatic carbocycles. The summed E-state index contributed by atoms with van der Waals surface area (Å²) in [5, 5.41) is 11.9. The molecule has 0 aromatic carbocycles. The molecule has 0 saturated heterocycles. The van der Waals surface area contributed by atoms with E-state index in [1.54, 1.807) is 0 Å². The summed E-state index contributed by atoms with van der Waals surface area (Å²) in [6.45, 7) is 8.44. The van der Waals surface area contributed by atoms with Gasteiger partial charge < -0.3 is 9.84 Å². The van der Waals surface area contributed by atoms with Crippen LogP contribution in [0.3, 0.4) is 0 Å². The molecule has 5 nitrogen and oxygen atoms in total. The molecular weight excluding hydrogens is 436 g/mol. The second kappa shape index (κ2) is 8.82. The summed E-state index contributed by atoms with van der Waals surface area (Å²) in [5.74, 6) is 0.995. The van der Waals surface area contributed by atoms with Gasteiger partial charge in [0, 0.05) is 25.0 Å². The molecule has 0 aromatic heterocycles. The molecule has 0 bridgehead atoms. The summed E-state index contributed by atoms with van der Waals surface area (Å²) in [6, 6.07) is 0. The molecule has 33 heavy (non-hydrogen) atoms. The summed E-state index contributed by atoms with van der Waals surface area (Å²) in [6.07, 6.45) is 8.10. The zero-order chi connectivity index (χ0) is 24.2. The van der Waals surface area contributed by atoms with Gasteiger partial charge in [-0.3, -0.25) is 14.4 Å². The SMILES string of the molecule is CC(=O)OCCCC1(O)CC[C@H]2[C@@H]3C(C(=O)CS)C(C)C4=CC(=O)CC[C@]4(C)[C@@H]3CC[C@@]21C. The average Bonchev–Trinajstić information content (AvgIpc) is 3.03.